The molecule has 14 heavy (non-hydrogen) atoms. The number of rotatable bonds is 3. The van der Waals surface area contributed by atoms with E-state index in [1.54, 1.807) is 0 Å². The van der Waals surface area contributed by atoms with Gasteiger partial charge in [0, 0.05) is 4.70 Å². The molecule has 2 N–H and O–H groups in total. The molecule has 0 saturated heterocycles. The Labute approximate surface area is 88.6 Å². The number of benzene rings is 1. The van der Waals surface area contributed by atoms with Crippen LogP contribution in [0.25, 0.3) is 10.1 Å². The fraction of sp³-hybridized carbons (Fsp3) is 0.333. The summed E-state index contributed by atoms with van der Waals surface area (Å²) in [6, 6.07) is 6.56. The first-order chi connectivity index (χ1) is 6.83. The SMILES string of the molecule is Cc1csc2c(CCCN)cccc12. The van der Waals surface area contributed by atoms with E-state index in [0.717, 1.165) is 19.4 Å². The zero-order chi connectivity index (χ0) is 9.97. The highest BCUT2D eigenvalue weighted by Crippen LogP contribution is 2.28. The second-order valence-corrected chi connectivity index (χ2v) is 4.48. The van der Waals surface area contributed by atoms with E-state index in [0.29, 0.717) is 0 Å². The van der Waals surface area contributed by atoms with E-state index >= 15 is 0 Å². The zero-order valence-corrected chi connectivity index (χ0v) is 9.23. The first-order valence-electron chi connectivity index (χ1n) is 4.98. The van der Waals surface area contributed by atoms with Gasteiger partial charge in [0.2, 0.25) is 0 Å². The summed E-state index contributed by atoms with van der Waals surface area (Å²) in [5, 5.41) is 3.64. The van der Waals surface area contributed by atoms with Gasteiger partial charge < -0.3 is 5.73 Å². The fourth-order valence-corrected chi connectivity index (χ4v) is 2.83. The van der Waals surface area contributed by atoms with Gasteiger partial charge in [-0.15, -0.1) is 11.3 Å². The maximum atomic E-state index is 5.53. The Morgan fingerprint density at radius 2 is 2.21 bits per heavy atom. The molecule has 0 fully saturated rings. The quantitative estimate of drug-likeness (QED) is 0.818. The van der Waals surface area contributed by atoms with Crippen LogP contribution < -0.4 is 5.73 Å². The summed E-state index contributed by atoms with van der Waals surface area (Å²) in [4.78, 5) is 0. The molecular formula is C12H15NS. The Bertz CT molecular complexity index is 431. The summed E-state index contributed by atoms with van der Waals surface area (Å²) in [5.74, 6) is 0. The average Bonchev–Trinajstić information content (AvgIpc) is 2.58. The van der Waals surface area contributed by atoms with Crippen LogP contribution in [0.5, 0.6) is 0 Å². The average molecular weight is 205 g/mol. The Morgan fingerprint density at radius 3 is 3.00 bits per heavy atom. The van der Waals surface area contributed by atoms with E-state index in [1.165, 1.54) is 21.2 Å². The molecule has 74 valence electrons. The molecule has 2 aromatic rings. The highest BCUT2D eigenvalue weighted by Gasteiger charge is 2.04. The van der Waals surface area contributed by atoms with Crippen molar-refractivity contribution in [3.05, 3.63) is 34.7 Å². The third-order valence-electron chi connectivity index (χ3n) is 2.53. The summed E-state index contributed by atoms with van der Waals surface area (Å²) >= 11 is 1.85. The van der Waals surface area contributed by atoms with Gasteiger partial charge in [0.15, 0.2) is 0 Å². The standard InChI is InChI=1S/C12H15NS/c1-9-8-14-12-10(5-3-7-13)4-2-6-11(9)12/h2,4,6,8H,3,5,7,13H2,1H3. The minimum absolute atomic E-state index is 0.779. The number of hydrogen-bond acceptors (Lipinski definition) is 2. The Kier molecular flexibility index (Phi) is 2.85. The molecule has 0 aliphatic rings. The Morgan fingerprint density at radius 1 is 1.36 bits per heavy atom. The molecule has 0 saturated carbocycles. The first-order valence-corrected chi connectivity index (χ1v) is 5.86. The van der Waals surface area contributed by atoms with Crippen LogP contribution in [0.3, 0.4) is 0 Å². The van der Waals surface area contributed by atoms with Gasteiger partial charge in [-0.1, -0.05) is 18.2 Å². The summed E-state index contributed by atoms with van der Waals surface area (Å²) in [5.41, 5.74) is 8.37. The topological polar surface area (TPSA) is 26.0 Å². The van der Waals surface area contributed by atoms with Gasteiger partial charge in [-0.2, -0.15) is 0 Å². The number of nitrogens with two attached hydrogens (primary N) is 1. The van der Waals surface area contributed by atoms with Crippen LogP contribution in [0.15, 0.2) is 23.6 Å². The van der Waals surface area contributed by atoms with Crippen molar-refractivity contribution in [3.63, 3.8) is 0 Å². The lowest BCUT2D eigenvalue weighted by atomic mass is 10.1. The van der Waals surface area contributed by atoms with Gasteiger partial charge in [0.1, 0.15) is 0 Å². The van der Waals surface area contributed by atoms with Crippen LogP contribution in [0.2, 0.25) is 0 Å². The van der Waals surface area contributed by atoms with Crippen LogP contribution in [-0.2, 0) is 6.42 Å². The normalized spacial score (nSPS) is 11.0. The van der Waals surface area contributed by atoms with Crippen molar-refractivity contribution in [1.29, 1.82) is 0 Å². The number of aryl methyl sites for hydroxylation is 2. The molecule has 1 aromatic heterocycles. The predicted molar refractivity (Wildman–Crippen MR) is 63.9 cm³/mol. The third kappa shape index (κ3) is 1.68. The predicted octanol–water partition coefficient (Wildman–Crippen LogP) is 3.10. The van der Waals surface area contributed by atoms with Crippen LogP contribution in [0, 0.1) is 6.92 Å². The molecule has 1 heterocycles. The maximum absolute atomic E-state index is 5.53. The van der Waals surface area contributed by atoms with E-state index in [-0.39, 0.29) is 0 Å². The smallest absolute Gasteiger partial charge is 0.0377 e. The first kappa shape index (κ1) is 9.69. The van der Waals surface area contributed by atoms with Crippen LogP contribution in [-0.4, -0.2) is 6.54 Å². The number of fused-ring (bicyclic) bond motifs is 1. The lowest BCUT2D eigenvalue weighted by Gasteiger charge is -2.01. The van der Waals surface area contributed by atoms with Gasteiger partial charge in [0.05, 0.1) is 0 Å². The van der Waals surface area contributed by atoms with Crippen molar-refractivity contribution in [1.82, 2.24) is 0 Å². The molecule has 0 radical (unpaired) electrons. The molecule has 0 bridgehead atoms. The highest BCUT2D eigenvalue weighted by molar-refractivity contribution is 7.17. The molecule has 0 amide bonds. The summed E-state index contributed by atoms with van der Waals surface area (Å²) in [6.45, 7) is 2.95. The van der Waals surface area contributed by atoms with Gasteiger partial charge in [-0.25, -0.2) is 0 Å². The van der Waals surface area contributed by atoms with Crippen molar-refractivity contribution < 1.29 is 0 Å². The van der Waals surface area contributed by atoms with Gasteiger partial charge in [-0.3, -0.25) is 0 Å². The van der Waals surface area contributed by atoms with E-state index in [4.69, 9.17) is 5.73 Å². The van der Waals surface area contributed by atoms with Gasteiger partial charge in [-0.05, 0) is 48.2 Å². The van der Waals surface area contributed by atoms with Gasteiger partial charge >= 0.3 is 0 Å². The zero-order valence-electron chi connectivity index (χ0n) is 8.42. The van der Waals surface area contributed by atoms with Crippen molar-refractivity contribution in [2.45, 2.75) is 19.8 Å². The molecule has 2 heteroatoms. The molecule has 1 nitrogen and oxygen atoms in total. The number of hydrogen-bond donors (Lipinski definition) is 1. The second-order valence-electron chi connectivity index (χ2n) is 3.60. The molecule has 0 aliphatic heterocycles. The largest absolute Gasteiger partial charge is 0.330 e. The van der Waals surface area contributed by atoms with Crippen molar-refractivity contribution >= 4 is 21.4 Å². The molecule has 0 unspecified atom stereocenters. The van der Waals surface area contributed by atoms with Crippen LogP contribution >= 0.6 is 11.3 Å². The van der Waals surface area contributed by atoms with E-state index in [1.807, 2.05) is 11.3 Å². The minimum atomic E-state index is 0.779. The third-order valence-corrected chi connectivity index (χ3v) is 3.71. The molecule has 0 spiro atoms. The molecule has 1 aromatic carbocycles. The Balaban J connectivity index is 2.44. The minimum Gasteiger partial charge on any atom is -0.330 e. The second kappa shape index (κ2) is 4.11. The lowest BCUT2D eigenvalue weighted by molar-refractivity contribution is 0.838. The van der Waals surface area contributed by atoms with E-state index < -0.39 is 0 Å². The van der Waals surface area contributed by atoms with Crippen molar-refractivity contribution in [2.24, 2.45) is 5.73 Å². The lowest BCUT2D eigenvalue weighted by Crippen LogP contribution is -2.00. The summed E-state index contributed by atoms with van der Waals surface area (Å²) < 4.78 is 1.44. The monoisotopic (exact) mass is 205 g/mol. The van der Waals surface area contributed by atoms with Crippen LogP contribution in [0.1, 0.15) is 17.5 Å². The molecule has 0 atom stereocenters. The summed E-state index contributed by atoms with van der Waals surface area (Å²) in [6.07, 6.45) is 2.18. The molecule has 2 rings (SSSR count). The summed E-state index contributed by atoms with van der Waals surface area (Å²) in [7, 11) is 0. The van der Waals surface area contributed by atoms with Crippen LogP contribution in [0.4, 0.5) is 0 Å². The van der Waals surface area contributed by atoms with E-state index in [9.17, 15) is 0 Å². The number of thiophene rings is 1. The highest BCUT2D eigenvalue weighted by atomic mass is 32.1. The Hall–Kier alpha value is -0.860. The molecular weight excluding hydrogens is 190 g/mol. The van der Waals surface area contributed by atoms with Crippen molar-refractivity contribution in [3.8, 4) is 0 Å². The van der Waals surface area contributed by atoms with E-state index in [2.05, 4.69) is 30.5 Å². The van der Waals surface area contributed by atoms with Gasteiger partial charge in [0.25, 0.3) is 0 Å². The maximum Gasteiger partial charge on any atom is 0.0377 e. The van der Waals surface area contributed by atoms with Crippen molar-refractivity contribution in [2.75, 3.05) is 6.54 Å². The fourth-order valence-electron chi connectivity index (χ4n) is 1.73. The molecule has 0 aliphatic carbocycles.